The second-order valence-corrected chi connectivity index (χ2v) is 15.9. The Kier molecular flexibility index (Phi) is 10.3. The first kappa shape index (κ1) is 35.3. The van der Waals surface area contributed by atoms with Gasteiger partial charge in [-0.05, 0) is 147 Å². The summed E-state index contributed by atoms with van der Waals surface area (Å²) in [4.78, 5) is 27.0. The van der Waals surface area contributed by atoms with Gasteiger partial charge >= 0.3 is 5.97 Å². The molecule has 5 heteroatoms. The fourth-order valence-electron chi connectivity index (χ4n) is 10.2. The highest BCUT2D eigenvalue weighted by molar-refractivity contribution is 5.99. The number of benzene rings is 3. The minimum atomic E-state index is -0.234. The van der Waals surface area contributed by atoms with Crippen LogP contribution in [0, 0.1) is 41.4 Å². The number of esters is 1. The summed E-state index contributed by atoms with van der Waals surface area (Å²) in [6, 6.07) is 24.1. The molecular formula is C46H54O5. The van der Waals surface area contributed by atoms with Crippen LogP contribution in [-0.2, 0) is 9.53 Å². The summed E-state index contributed by atoms with van der Waals surface area (Å²) in [5.74, 6) is 3.85. The topological polar surface area (TPSA) is 61.8 Å². The van der Waals surface area contributed by atoms with Gasteiger partial charge in [-0.25, -0.2) is 4.79 Å². The van der Waals surface area contributed by atoms with E-state index in [9.17, 15) is 9.59 Å². The van der Waals surface area contributed by atoms with E-state index in [1.54, 1.807) is 0 Å². The van der Waals surface area contributed by atoms with Crippen LogP contribution in [-0.4, -0.2) is 31.1 Å². The van der Waals surface area contributed by atoms with Crippen LogP contribution in [0.15, 0.2) is 84.9 Å². The van der Waals surface area contributed by atoms with Gasteiger partial charge < -0.3 is 14.2 Å². The lowest BCUT2D eigenvalue weighted by Gasteiger charge is -2.57. The van der Waals surface area contributed by atoms with Crippen molar-refractivity contribution in [2.24, 2.45) is 34.5 Å². The van der Waals surface area contributed by atoms with E-state index in [4.69, 9.17) is 14.2 Å². The molecule has 0 spiro atoms. The molecule has 3 fully saturated rings. The molecular weight excluding hydrogens is 633 g/mol. The van der Waals surface area contributed by atoms with Crippen molar-refractivity contribution in [3.63, 3.8) is 0 Å². The van der Waals surface area contributed by atoms with Crippen molar-refractivity contribution >= 4 is 23.4 Å². The molecule has 1 unspecified atom stereocenters. The van der Waals surface area contributed by atoms with Crippen LogP contribution in [0.4, 0.5) is 0 Å². The Labute approximate surface area is 304 Å². The van der Waals surface area contributed by atoms with Crippen molar-refractivity contribution in [2.75, 3.05) is 13.2 Å². The quantitative estimate of drug-likeness (QED) is 0.0870. The minimum Gasteiger partial charge on any atom is -0.494 e. The van der Waals surface area contributed by atoms with Crippen LogP contribution >= 0.6 is 0 Å². The summed E-state index contributed by atoms with van der Waals surface area (Å²) in [6.07, 6.45) is 15.3. The van der Waals surface area contributed by atoms with Gasteiger partial charge in [-0.15, -0.1) is 0 Å². The summed E-state index contributed by atoms with van der Waals surface area (Å²) in [7, 11) is 0. The Morgan fingerprint density at radius 2 is 1.63 bits per heavy atom. The molecule has 7 rings (SSSR count). The van der Waals surface area contributed by atoms with Gasteiger partial charge in [-0.2, -0.15) is 0 Å². The third-order valence-electron chi connectivity index (χ3n) is 13.0. The maximum absolute atomic E-state index is 14.2. The molecule has 0 heterocycles. The van der Waals surface area contributed by atoms with Crippen LogP contribution in [0.3, 0.4) is 0 Å². The molecule has 4 aliphatic rings. The highest BCUT2D eigenvalue weighted by Crippen LogP contribution is 2.63. The number of aryl methyl sites for hydroxylation is 1. The molecule has 0 bridgehead atoms. The average molecular weight is 687 g/mol. The zero-order chi connectivity index (χ0) is 35.6. The summed E-state index contributed by atoms with van der Waals surface area (Å²) in [5.41, 5.74) is 4.91. The lowest BCUT2D eigenvalue weighted by molar-refractivity contribution is -0.132. The second kappa shape index (κ2) is 14.9. The first-order valence-electron chi connectivity index (χ1n) is 19.3. The molecule has 268 valence electrons. The van der Waals surface area contributed by atoms with Gasteiger partial charge in [0.15, 0.2) is 0 Å². The van der Waals surface area contributed by atoms with E-state index in [1.807, 2.05) is 61.5 Å². The zero-order valence-corrected chi connectivity index (χ0v) is 30.9. The fourth-order valence-corrected chi connectivity index (χ4v) is 10.2. The van der Waals surface area contributed by atoms with Crippen LogP contribution in [0.1, 0.15) is 106 Å². The van der Waals surface area contributed by atoms with E-state index in [-0.39, 0.29) is 22.9 Å². The monoisotopic (exact) mass is 686 g/mol. The normalized spacial score (nSPS) is 29.8. The number of carbonyl (C=O) groups is 2. The van der Waals surface area contributed by atoms with Gasteiger partial charge in [-0.1, -0.05) is 74.5 Å². The van der Waals surface area contributed by atoms with Crippen LogP contribution in [0.5, 0.6) is 11.5 Å². The van der Waals surface area contributed by atoms with Crippen LogP contribution in [0.25, 0.3) is 11.6 Å². The molecule has 0 radical (unpaired) electrons. The standard InChI is InChI=1S/C46H54O5/c1-5-49-35-17-19-36(20-18-35)50-28-10-14-33(29-32-12-7-6-8-13-32)43-31(2)11-9-15-39(43)44(48)51-37-24-26-45(3)34(30-37)16-21-38-40-22-23-42(47)46(40,4)27-25-41(38)45/h6-9,11-13,15-21,29,34,37-38,40-41H,5,10,14,22-28,30H2,1-4H3/b33-29-/t34?,37-,38-,40-,41-,45-,46-/m0/s1. The van der Waals surface area contributed by atoms with E-state index in [0.717, 1.165) is 91.5 Å². The van der Waals surface area contributed by atoms with Gasteiger partial charge in [-0.3, -0.25) is 4.79 Å². The molecule has 51 heavy (non-hydrogen) atoms. The van der Waals surface area contributed by atoms with Crippen LogP contribution in [0.2, 0.25) is 0 Å². The highest BCUT2D eigenvalue weighted by atomic mass is 16.5. The molecule has 0 amide bonds. The van der Waals surface area contributed by atoms with E-state index >= 15 is 0 Å². The number of allylic oxidation sites excluding steroid dienone is 3. The SMILES string of the molecule is CCOc1ccc(OCCC/C(=C/c2ccccc2)c2c(C)cccc2C(=O)O[C@H]2CC[C@@]3(C)C(C=C[C@@H]4[C@@H]3CC[C@]3(C)C(=O)CC[C@@H]43)C2)cc1. The van der Waals surface area contributed by atoms with E-state index in [1.165, 1.54) is 0 Å². The maximum atomic E-state index is 14.2. The van der Waals surface area contributed by atoms with Crippen molar-refractivity contribution in [1.82, 2.24) is 0 Å². The molecule has 0 saturated heterocycles. The third kappa shape index (κ3) is 7.06. The first-order valence-corrected chi connectivity index (χ1v) is 19.3. The lowest BCUT2D eigenvalue weighted by Crippen LogP contribution is -2.52. The van der Waals surface area contributed by atoms with E-state index in [2.05, 4.69) is 57.2 Å². The molecule has 5 nitrogen and oxygen atoms in total. The molecule has 7 atom stereocenters. The number of hydrogen-bond donors (Lipinski definition) is 0. The van der Waals surface area contributed by atoms with Gasteiger partial charge in [0.25, 0.3) is 0 Å². The van der Waals surface area contributed by atoms with Crippen molar-refractivity contribution < 1.29 is 23.8 Å². The minimum absolute atomic E-state index is 0.115. The van der Waals surface area contributed by atoms with Gasteiger partial charge in [0.2, 0.25) is 0 Å². The maximum Gasteiger partial charge on any atom is 0.339 e. The Morgan fingerprint density at radius 3 is 2.39 bits per heavy atom. The zero-order valence-electron chi connectivity index (χ0n) is 30.9. The molecule has 0 aromatic heterocycles. The Balaban J connectivity index is 1.06. The molecule has 0 N–H and O–H groups in total. The number of fused-ring (bicyclic) bond motifs is 5. The predicted molar refractivity (Wildman–Crippen MR) is 204 cm³/mol. The summed E-state index contributed by atoms with van der Waals surface area (Å²) in [6.45, 7) is 9.97. The third-order valence-corrected chi connectivity index (χ3v) is 13.0. The number of Topliss-reactive ketones (excluding diaryl/α,β-unsaturated/α-hetero) is 1. The molecule has 3 saturated carbocycles. The molecule has 3 aromatic carbocycles. The number of carbonyl (C=O) groups excluding carboxylic acids is 2. The van der Waals surface area contributed by atoms with Crippen molar-refractivity contribution in [1.29, 1.82) is 0 Å². The van der Waals surface area contributed by atoms with Crippen molar-refractivity contribution in [2.45, 2.75) is 91.6 Å². The van der Waals surface area contributed by atoms with Gasteiger partial charge in [0.05, 0.1) is 18.8 Å². The van der Waals surface area contributed by atoms with E-state index < -0.39 is 0 Å². The second-order valence-electron chi connectivity index (χ2n) is 15.9. The number of rotatable bonds is 11. The van der Waals surface area contributed by atoms with E-state index in [0.29, 0.717) is 48.2 Å². The average Bonchev–Trinajstić information content (AvgIpc) is 3.44. The predicted octanol–water partition coefficient (Wildman–Crippen LogP) is 10.7. The largest absolute Gasteiger partial charge is 0.494 e. The number of hydrogen-bond acceptors (Lipinski definition) is 5. The van der Waals surface area contributed by atoms with Gasteiger partial charge in [0, 0.05) is 11.8 Å². The highest BCUT2D eigenvalue weighted by Gasteiger charge is 2.59. The number of ether oxygens (including phenoxy) is 3. The molecule has 3 aromatic rings. The number of ketones is 1. The first-order chi connectivity index (χ1) is 24.7. The molecule has 4 aliphatic carbocycles. The Bertz CT molecular complexity index is 1770. The lowest BCUT2D eigenvalue weighted by atomic mass is 9.47. The Morgan fingerprint density at radius 1 is 0.863 bits per heavy atom. The summed E-state index contributed by atoms with van der Waals surface area (Å²) < 4.78 is 18.1. The summed E-state index contributed by atoms with van der Waals surface area (Å²) >= 11 is 0. The van der Waals surface area contributed by atoms with Crippen molar-refractivity contribution in [3.8, 4) is 11.5 Å². The smallest absolute Gasteiger partial charge is 0.339 e. The van der Waals surface area contributed by atoms with Crippen LogP contribution < -0.4 is 9.47 Å². The molecule has 0 aliphatic heterocycles. The van der Waals surface area contributed by atoms with Crippen molar-refractivity contribution in [3.05, 3.63) is 107 Å². The van der Waals surface area contributed by atoms with Gasteiger partial charge in [0.1, 0.15) is 23.4 Å². The fraction of sp³-hybridized carbons (Fsp3) is 0.478. The summed E-state index contributed by atoms with van der Waals surface area (Å²) in [5, 5.41) is 0. The Hall–Kier alpha value is -4.12.